The minimum atomic E-state index is -3.35. The van der Waals surface area contributed by atoms with E-state index in [4.69, 9.17) is 4.18 Å². The number of amides is 1. The number of carbonyl (C=O) groups is 1. The predicted molar refractivity (Wildman–Crippen MR) is 85.3 cm³/mol. The van der Waals surface area contributed by atoms with Crippen LogP contribution in [-0.4, -0.2) is 52.2 Å². The molecule has 0 bridgehead atoms. The molecule has 1 aliphatic rings. The highest BCUT2D eigenvalue weighted by atomic mass is 32.2. The summed E-state index contributed by atoms with van der Waals surface area (Å²) in [5, 5.41) is 2.67. The number of nitrogens with zero attached hydrogens (tertiary/aromatic N) is 1. The number of hydrogen-bond donors (Lipinski definition) is 1. The summed E-state index contributed by atoms with van der Waals surface area (Å²) in [4.78, 5) is 12.7. The van der Waals surface area contributed by atoms with Gasteiger partial charge in [-0.2, -0.15) is 8.42 Å². The fourth-order valence-electron chi connectivity index (χ4n) is 2.76. The molecule has 1 aromatic carbocycles. The first-order valence-electron chi connectivity index (χ1n) is 7.35. The van der Waals surface area contributed by atoms with E-state index in [1.54, 1.807) is 0 Å². The number of anilines is 1. The van der Waals surface area contributed by atoms with Gasteiger partial charge in [-0.05, 0) is 49.5 Å². The molecule has 1 amide bonds. The first kappa shape index (κ1) is 16.9. The first-order chi connectivity index (χ1) is 10.5. The van der Waals surface area contributed by atoms with Crippen molar-refractivity contribution in [2.24, 2.45) is 0 Å². The molecule has 7 heteroatoms. The highest BCUT2D eigenvalue weighted by Crippen LogP contribution is 2.29. The van der Waals surface area contributed by atoms with Gasteiger partial charge in [0, 0.05) is 12.2 Å². The molecule has 1 N–H and O–H groups in total. The minimum absolute atomic E-state index is 0.211. The van der Waals surface area contributed by atoms with Crippen LogP contribution < -0.4 is 5.32 Å². The van der Waals surface area contributed by atoms with Gasteiger partial charge in [0.05, 0.1) is 12.9 Å². The lowest BCUT2D eigenvalue weighted by Crippen LogP contribution is -2.35. The molecular formula is C15H22N2O4S. The van der Waals surface area contributed by atoms with Crippen molar-refractivity contribution in [3.05, 3.63) is 29.8 Å². The molecule has 1 aromatic rings. The molecule has 0 spiro atoms. The van der Waals surface area contributed by atoms with Gasteiger partial charge >= 0.3 is 0 Å². The van der Waals surface area contributed by atoms with Crippen molar-refractivity contribution in [3.8, 4) is 0 Å². The van der Waals surface area contributed by atoms with Crippen LogP contribution in [0.15, 0.2) is 24.3 Å². The van der Waals surface area contributed by atoms with E-state index in [-0.39, 0.29) is 6.61 Å². The van der Waals surface area contributed by atoms with Gasteiger partial charge in [-0.3, -0.25) is 8.98 Å². The lowest BCUT2D eigenvalue weighted by atomic mass is 9.89. The molecule has 0 saturated carbocycles. The topological polar surface area (TPSA) is 75.7 Å². The van der Waals surface area contributed by atoms with Crippen LogP contribution in [0, 0.1) is 0 Å². The normalized spacial score (nSPS) is 17.3. The number of piperidine rings is 1. The quantitative estimate of drug-likeness (QED) is 0.606. The average molecular weight is 326 g/mol. The monoisotopic (exact) mass is 326 g/mol. The van der Waals surface area contributed by atoms with Gasteiger partial charge in [-0.1, -0.05) is 12.1 Å². The van der Waals surface area contributed by atoms with Gasteiger partial charge in [0.2, 0.25) is 6.41 Å². The van der Waals surface area contributed by atoms with Gasteiger partial charge < -0.3 is 10.2 Å². The van der Waals surface area contributed by atoms with Gasteiger partial charge in [-0.15, -0.1) is 0 Å². The smallest absolute Gasteiger partial charge is 0.264 e. The third-order valence-electron chi connectivity index (χ3n) is 3.88. The maximum absolute atomic E-state index is 10.9. The van der Waals surface area contributed by atoms with E-state index in [2.05, 4.69) is 16.3 Å². The highest BCUT2D eigenvalue weighted by Gasteiger charge is 2.20. The van der Waals surface area contributed by atoms with Gasteiger partial charge in [0.25, 0.3) is 10.1 Å². The number of likely N-dealkylation sites (tertiary alicyclic amines) is 1. The first-order valence-corrected chi connectivity index (χ1v) is 9.16. The van der Waals surface area contributed by atoms with E-state index in [0.29, 0.717) is 18.9 Å². The maximum atomic E-state index is 10.9. The lowest BCUT2D eigenvalue weighted by molar-refractivity contribution is -0.105. The zero-order valence-electron chi connectivity index (χ0n) is 12.7. The lowest BCUT2D eigenvalue weighted by Gasteiger charge is -2.32. The van der Waals surface area contributed by atoms with E-state index in [9.17, 15) is 13.2 Å². The average Bonchev–Trinajstić information content (AvgIpc) is 2.47. The molecule has 0 unspecified atom stereocenters. The zero-order chi connectivity index (χ0) is 16.0. The summed E-state index contributed by atoms with van der Waals surface area (Å²) in [7, 11) is -3.35. The molecular weight excluding hydrogens is 304 g/mol. The fourth-order valence-corrected chi connectivity index (χ4v) is 3.14. The van der Waals surface area contributed by atoms with Crippen LogP contribution in [0.5, 0.6) is 0 Å². The van der Waals surface area contributed by atoms with Crippen molar-refractivity contribution in [2.75, 3.05) is 37.8 Å². The van der Waals surface area contributed by atoms with Crippen LogP contribution in [0.4, 0.5) is 5.69 Å². The highest BCUT2D eigenvalue weighted by molar-refractivity contribution is 7.85. The van der Waals surface area contributed by atoms with Crippen molar-refractivity contribution in [3.63, 3.8) is 0 Å². The number of rotatable bonds is 7. The van der Waals surface area contributed by atoms with E-state index in [1.165, 1.54) is 5.56 Å². The molecule has 1 heterocycles. The van der Waals surface area contributed by atoms with Crippen LogP contribution in [0.2, 0.25) is 0 Å². The Balaban J connectivity index is 1.81. The molecule has 6 nitrogen and oxygen atoms in total. The van der Waals surface area contributed by atoms with Gasteiger partial charge in [0.1, 0.15) is 0 Å². The van der Waals surface area contributed by atoms with E-state index in [1.807, 2.05) is 18.2 Å². The third kappa shape index (κ3) is 5.40. The van der Waals surface area contributed by atoms with Crippen LogP contribution in [0.1, 0.15) is 24.3 Å². The molecule has 122 valence electrons. The predicted octanol–water partition coefficient (Wildman–Crippen LogP) is 1.41. The summed E-state index contributed by atoms with van der Waals surface area (Å²) in [5.41, 5.74) is 2.05. The zero-order valence-corrected chi connectivity index (χ0v) is 13.5. The Labute approximate surface area is 131 Å². The second kappa shape index (κ2) is 7.71. The Morgan fingerprint density at radius 1 is 1.36 bits per heavy atom. The van der Waals surface area contributed by atoms with Crippen molar-refractivity contribution >= 4 is 22.2 Å². The number of nitrogens with one attached hydrogen (secondary N) is 1. The molecule has 1 aliphatic heterocycles. The standard InChI is InChI=1S/C15H22N2O4S/c1-22(19,20)21-10-9-17-7-5-13(6-8-17)14-3-2-4-15(11-14)16-12-18/h2-4,11-13H,5-10H2,1H3,(H,16,18). The fraction of sp³-hybridized carbons (Fsp3) is 0.533. The molecule has 0 aromatic heterocycles. The summed E-state index contributed by atoms with van der Waals surface area (Å²) in [6.07, 6.45) is 3.79. The molecule has 0 radical (unpaired) electrons. The molecule has 0 aliphatic carbocycles. The van der Waals surface area contributed by atoms with Crippen LogP contribution >= 0.6 is 0 Å². The van der Waals surface area contributed by atoms with E-state index < -0.39 is 10.1 Å². The Morgan fingerprint density at radius 3 is 2.73 bits per heavy atom. The van der Waals surface area contributed by atoms with Crippen LogP contribution in [-0.2, 0) is 19.1 Å². The SMILES string of the molecule is CS(=O)(=O)OCCN1CCC(c2cccc(NC=O)c2)CC1. The van der Waals surface area contributed by atoms with E-state index in [0.717, 1.165) is 37.9 Å². The van der Waals surface area contributed by atoms with Gasteiger partial charge in [0.15, 0.2) is 0 Å². The summed E-state index contributed by atoms with van der Waals surface area (Å²) in [6, 6.07) is 7.92. The third-order valence-corrected chi connectivity index (χ3v) is 4.47. The number of benzene rings is 1. The summed E-state index contributed by atoms with van der Waals surface area (Å²) >= 11 is 0. The maximum Gasteiger partial charge on any atom is 0.264 e. The van der Waals surface area contributed by atoms with Gasteiger partial charge in [-0.25, -0.2) is 0 Å². The molecule has 1 fully saturated rings. The number of carbonyl (C=O) groups excluding carboxylic acids is 1. The Bertz CT molecular complexity index is 595. The van der Waals surface area contributed by atoms with E-state index >= 15 is 0 Å². The van der Waals surface area contributed by atoms with Crippen LogP contribution in [0.3, 0.4) is 0 Å². The Hall–Kier alpha value is -1.44. The number of hydrogen-bond acceptors (Lipinski definition) is 5. The summed E-state index contributed by atoms with van der Waals surface area (Å²) in [5.74, 6) is 0.473. The summed E-state index contributed by atoms with van der Waals surface area (Å²) in [6.45, 7) is 2.68. The van der Waals surface area contributed by atoms with Crippen molar-refractivity contribution in [1.82, 2.24) is 4.90 Å². The Kier molecular flexibility index (Phi) is 5.93. The minimum Gasteiger partial charge on any atom is -0.329 e. The molecule has 22 heavy (non-hydrogen) atoms. The van der Waals surface area contributed by atoms with Crippen molar-refractivity contribution in [2.45, 2.75) is 18.8 Å². The molecule has 1 saturated heterocycles. The van der Waals surface area contributed by atoms with Crippen LogP contribution in [0.25, 0.3) is 0 Å². The summed E-state index contributed by atoms with van der Waals surface area (Å²) < 4.78 is 26.6. The van der Waals surface area contributed by atoms with Crippen molar-refractivity contribution in [1.29, 1.82) is 0 Å². The Morgan fingerprint density at radius 2 is 2.09 bits per heavy atom. The second-order valence-corrected chi connectivity index (χ2v) is 7.17. The molecule has 2 rings (SSSR count). The van der Waals surface area contributed by atoms with Crippen molar-refractivity contribution < 1.29 is 17.4 Å². The second-order valence-electron chi connectivity index (χ2n) is 5.53. The molecule has 0 atom stereocenters. The largest absolute Gasteiger partial charge is 0.329 e.